The van der Waals surface area contributed by atoms with Gasteiger partial charge in [-0.15, -0.1) is 12.4 Å². The van der Waals surface area contributed by atoms with Crippen molar-refractivity contribution in [3.8, 4) is 11.5 Å². The maximum Gasteiger partial charge on any atom is 0.246 e. The Labute approximate surface area is 139 Å². The summed E-state index contributed by atoms with van der Waals surface area (Å²) in [4.78, 5) is 0.113. The Morgan fingerprint density at radius 3 is 2.38 bits per heavy atom. The highest BCUT2D eigenvalue weighted by Gasteiger charge is 2.33. The van der Waals surface area contributed by atoms with Gasteiger partial charge in [-0.1, -0.05) is 0 Å². The summed E-state index contributed by atoms with van der Waals surface area (Å²) in [6.07, 6.45) is 0.666. The number of nitrogens with zero attached hydrogens (tertiary/aromatic N) is 1. The molecule has 21 heavy (non-hydrogen) atoms. The van der Waals surface area contributed by atoms with Crippen molar-refractivity contribution in [1.29, 1.82) is 0 Å². The molecule has 1 heterocycles. The van der Waals surface area contributed by atoms with Gasteiger partial charge in [0, 0.05) is 25.2 Å². The average Bonchev–Trinajstić information content (AvgIpc) is 2.85. The third-order valence-corrected chi connectivity index (χ3v) is 5.75. The van der Waals surface area contributed by atoms with Gasteiger partial charge in [0.25, 0.3) is 0 Å². The number of methoxy groups -OCH3 is 2. The Balaban J connectivity index is 0.00000220. The zero-order valence-electron chi connectivity index (χ0n) is 11.7. The number of ether oxygens (including phenoxy) is 2. The summed E-state index contributed by atoms with van der Waals surface area (Å²) in [5.74, 6) is 0.768. The molecule has 0 saturated carbocycles. The van der Waals surface area contributed by atoms with Gasteiger partial charge in [0.1, 0.15) is 16.4 Å². The van der Waals surface area contributed by atoms with Crippen LogP contribution in [0.4, 0.5) is 0 Å². The van der Waals surface area contributed by atoms with Crippen LogP contribution in [0, 0.1) is 0 Å². The number of nitrogens with two attached hydrogens (primary N) is 1. The van der Waals surface area contributed by atoms with E-state index in [2.05, 4.69) is 15.9 Å². The zero-order chi connectivity index (χ0) is 14.9. The lowest BCUT2D eigenvalue weighted by Crippen LogP contribution is -2.32. The maximum absolute atomic E-state index is 12.6. The largest absolute Gasteiger partial charge is 0.495 e. The van der Waals surface area contributed by atoms with Gasteiger partial charge >= 0.3 is 0 Å². The first-order chi connectivity index (χ1) is 9.40. The predicted molar refractivity (Wildman–Crippen MR) is 85.8 cm³/mol. The van der Waals surface area contributed by atoms with E-state index in [-0.39, 0.29) is 29.1 Å². The van der Waals surface area contributed by atoms with Crippen LogP contribution in [0.1, 0.15) is 6.42 Å². The summed E-state index contributed by atoms with van der Waals surface area (Å²) < 4.78 is 37.5. The van der Waals surface area contributed by atoms with Crippen molar-refractivity contribution in [2.75, 3.05) is 27.3 Å². The lowest BCUT2D eigenvalue weighted by Gasteiger charge is -2.19. The number of rotatable bonds is 4. The zero-order valence-corrected chi connectivity index (χ0v) is 14.9. The lowest BCUT2D eigenvalue weighted by atomic mass is 10.3. The minimum Gasteiger partial charge on any atom is -0.495 e. The molecule has 0 aromatic heterocycles. The fourth-order valence-corrected chi connectivity index (χ4v) is 4.48. The molecule has 0 aliphatic carbocycles. The molecule has 0 unspecified atom stereocenters. The standard InChI is InChI=1S/C12H17BrN2O4S.ClH/c1-18-10-6-11(19-2)12(5-9(10)13)20(16,17)15-4-3-8(14)7-15;/h5-6,8H,3-4,7,14H2,1-2H3;1H/t8-;/m1./s1. The van der Waals surface area contributed by atoms with E-state index >= 15 is 0 Å². The van der Waals surface area contributed by atoms with Crippen molar-refractivity contribution in [2.45, 2.75) is 17.4 Å². The van der Waals surface area contributed by atoms with Gasteiger partial charge in [-0.05, 0) is 28.4 Å². The van der Waals surface area contributed by atoms with E-state index in [4.69, 9.17) is 15.2 Å². The van der Waals surface area contributed by atoms with Crippen molar-refractivity contribution in [3.05, 3.63) is 16.6 Å². The molecule has 0 radical (unpaired) electrons. The summed E-state index contributed by atoms with van der Waals surface area (Å²) in [6.45, 7) is 0.755. The van der Waals surface area contributed by atoms with Crippen LogP contribution in [0.5, 0.6) is 11.5 Å². The summed E-state index contributed by atoms with van der Waals surface area (Å²) in [7, 11) is -0.684. The normalized spacial score (nSPS) is 19.1. The summed E-state index contributed by atoms with van der Waals surface area (Å²) in [5, 5.41) is 0. The van der Waals surface area contributed by atoms with E-state index in [0.29, 0.717) is 29.7 Å². The van der Waals surface area contributed by atoms with Crippen molar-refractivity contribution in [3.63, 3.8) is 0 Å². The quantitative estimate of drug-likeness (QED) is 0.829. The summed E-state index contributed by atoms with van der Waals surface area (Å²) in [6, 6.07) is 2.93. The maximum atomic E-state index is 12.6. The molecule has 1 aliphatic heterocycles. The van der Waals surface area contributed by atoms with E-state index < -0.39 is 10.0 Å². The SMILES string of the molecule is COc1cc(OC)c(S(=O)(=O)N2CC[C@@H](N)C2)cc1Br.Cl. The van der Waals surface area contributed by atoms with Gasteiger partial charge in [-0.3, -0.25) is 0 Å². The van der Waals surface area contributed by atoms with Crippen LogP contribution in [0.3, 0.4) is 0 Å². The average molecular weight is 402 g/mol. The van der Waals surface area contributed by atoms with Crippen molar-refractivity contribution >= 4 is 38.4 Å². The molecule has 1 aromatic carbocycles. The number of sulfonamides is 1. The minimum absolute atomic E-state index is 0. The minimum atomic E-state index is -3.62. The molecule has 120 valence electrons. The second kappa shape index (κ2) is 7.15. The molecule has 0 bridgehead atoms. The molecule has 1 atom stereocenters. The molecule has 0 spiro atoms. The van der Waals surface area contributed by atoms with E-state index in [1.807, 2.05) is 0 Å². The van der Waals surface area contributed by atoms with E-state index in [1.165, 1.54) is 24.6 Å². The first-order valence-corrected chi connectivity index (χ1v) is 8.30. The molecule has 9 heteroatoms. The lowest BCUT2D eigenvalue weighted by molar-refractivity contribution is 0.382. The number of hydrogen-bond donors (Lipinski definition) is 1. The number of halogens is 2. The topological polar surface area (TPSA) is 81.9 Å². The fourth-order valence-electron chi connectivity index (χ4n) is 2.15. The molecule has 0 amide bonds. The monoisotopic (exact) mass is 400 g/mol. The molecular formula is C12H18BrClN2O4S. The third kappa shape index (κ3) is 3.62. The van der Waals surface area contributed by atoms with Crippen molar-refractivity contribution < 1.29 is 17.9 Å². The van der Waals surface area contributed by atoms with Crippen LogP contribution in [0.25, 0.3) is 0 Å². The Kier molecular flexibility index (Phi) is 6.30. The number of benzene rings is 1. The van der Waals surface area contributed by atoms with E-state index in [1.54, 1.807) is 6.07 Å². The molecule has 2 N–H and O–H groups in total. The second-order valence-electron chi connectivity index (χ2n) is 4.55. The third-order valence-electron chi connectivity index (χ3n) is 3.24. The smallest absolute Gasteiger partial charge is 0.246 e. The Bertz CT molecular complexity index is 612. The molecule has 2 rings (SSSR count). The summed E-state index contributed by atoms with van der Waals surface area (Å²) in [5.41, 5.74) is 5.78. The Morgan fingerprint density at radius 2 is 1.90 bits per heavy atom. The van der Waals surface area contributed by atoms with Gasteiger partial charge in [0.15, 0.2) is 0 Å². The van der Waals surface area contributed by atoms with E-state index in [9.17, 15) is 8.42 Å². The second-order valence-corrected chi connectivity index (χ2v) is 7.31. The molecule has 1 aliphatic rings. The fraction of sp³-hybridized carbons (Fsp3) is 0.500. The van der Waals surface area contributed by atoms with Crippen LogP contribution in [-0.2, 0) is 10.0 Å². The van der Waals surface area contributed by atoms with Crippen LogP contribution >= 0.6 is 28.3 Å². The van der Waals surface area contributed by atoms with Gasteiger partial charge < -0.3 is 15.2 Å². The summed E-state index contributed by atoms with van der Waals surface area (Å²) >= 11 is 3.30. The van der Waals surface area contributed by atoms with Gasteiger partial charge in [-0.25, -0.2) is 8.42 Å². The first kappa shape index (κ1) is 18.5. The van der Waals surface area contributed by atoms with Crippen LogP contribution in [0.2, 0.25) is 0 Å². The first-order valence-electron chi connectivity index (χ1n) is 6.07. The predicted octanol–water partition coefficient (Wildman–Crippen LogP) is 1.61. The van der Waals surface area contributed by atoms with Crippen molar-refractivity contribution in [1.82, 2.24) is 4.31 Å². The van der Waals surface area contributed by atoms with Crippen LogP contribution < -0.4 is 15.2 Å². The molecule has 1 fully saturated rings. The Hall–Kier alpha value is -0.540. The van der Waals surface area contributed by atoms with E-state index in [0.717, 1.165) is 0 Å². The highest BCUT2D eigenvalue weighted by atomic mass is 79.9. The molecule has 1 aromatic rings. The van der Waals surface area contributed by atoms with Crippen LogP contribution in [-0.4, -0.2) is 46.1 Å². The van der Waals surface area contributed by atoms with Gasteiger partial charge in [0.05, 0.1) is 18.7 Å². The highest BCUT2D eigenvalue weighted by molar-refractivity contribution is 9.10. The van der Waals surface area contributed by atoms with Gasteiger partial charge in [-0.2, -0.15) is 4.31 Å². The number of hydrogen-bond acceptors (Lipinski definition) is 5. The molecule has 6 nitrogen and oxygen atoms in total. The van der Waals surface area contributed by atoms with Gasteiger partial charge in [0.2, 0.25) is 10.0 Å². The molecular weight excluding hydrogens is 384 g/mol. The van der Waals surface area contributed by atoms with Crippen LogP contribution in [0.15, 0.2) is 21.5 Å². The molecule has 1 saturated heterocycles. The highest BCUT2D eigenvalue weighted by Crippen LogP contribution is 2.37. The Morgan fingerprint density at radius 1 is 1.29 bits per heavy atom. The van der Waals surface area contributed by atoms with Crippen molar-refractivity contribution in [2.24, 2.45) is 5.73 Å².